The van der Waals surface area contributed by atoms with Crippen molar-refractivity contribution in [2.75, 3.05) is 12.3 Å². The smallest absolute Gasteiger partial charge is 0.198 e. The first-order chi connectivity index (χ1) is 7.26. The predicted molar refractivity (Wildman–Crippen MR) is 57.1 cm³/mol. The molecule has 1 heterocycles. The molecular weight excluding hydrogens is 194 g/mol. The molecule has 2 rings (SSSR count). The van der Waals surface area contributed by atoms with E-state index in [0.29, 0.717) is 29.4 Å². The lowest BCUT2D eigenvalue weighted by molar-refractivity contribution is 0.112. The molecule has 1 aromatic carbocycles. The standard InChI is InChI=1S/C10H11N3O2/c1-2-15-8-4-3-7-9(6(8)5-14)13-10(11)12-7/h3-5H,2H2,1H3,(H3,11,12,13). The third-order valence-electron chi connectivity index (χ3n) is 2.09. The predicted octanol–water partition coefficient (Wildman–Crippen LogP) is 1.36. The molecular formula is C10H11N3O2. The van der Waals surface area contributed by atoms with Crippen LogP contribution in [0.4, 0.5) is 5.95 Å². The molecule has 15 heavy (non-hydrogen) atoms. The number of nitrogens with zero attached hydrogens (tertiary/aromatic N) is 1. The van der Waals surface area contributed by atoms with E-state index in [2.05, 4.69) is 9.97 Å². The van der Waals surface area contributed by atoms with Crippen LogP contribution in [0.1, 0.15) is 17.3 Å². The monoisotopic (exact) mass is 205 g/mol. The number of benzene rings is 1. The van der Waals surface area contributed by atoms with Crippen LogP contribution in [-0.4, -0.2) is 22.9 Å². The highest BCUT2D eigenvalue weighted by Gasteiger charge is 2.11. The number of aromatic amines is 1. The molecule has 1 aromatic heterocycles. The number of aromatic nitrogens is 2. The van der Waals surface area contributed by atoms with Gasteiger partial charge >= 0.3 is 0 Å². The van der Waals surface area contributed by atoms with Crippen molar-refractivity contribution in [1.82, 2.24) is 9.97 Å². The minimum absolute atomic E-state index is 0.293. The molecule has 0 spiro atoms. The Bertz CT molecular complexity index is 505. The molecule has 0 saturated heterocycles. The molecule has 0 aliphatic rings. The Morgan fingerprint density at radius 1 is 1.60 bits per heavy atom. The first-order valence-corrected chi connectivity index (χ1v) is 4.62. The summed E-state index contributed by atoms with van der Waals surface area (Å²) in [6, 6.07) is 3.52. The molecule has 0 bridgehead atoms. The molecule has 0 amide bonds. The molecule has 0 aliphatic heterocycles. The number of rotatable bonds is 3. The van der Waals surface area contributed by atoms with E-state index in [1.54, 1.807) is 12.1 Å². The zero-order valence-corrected chi connectivity index (χ0v) is 8.28. The Hall–Kier alpha value is -2.04. The molecule has 0 unspecified atom stereocenters. The Balaban J connectivity index is 2.68. The number of imidazole rings is 1. The first kappa shape index (κ1) is 9.51. The van der Waals surface area contributed by atoms with Gasteiger partial charge in [-0.3, -0.25) is 4.79 Å². The largest absolute Gasteiger partial charge is 0.493 e. The average molecular weight is 205 g/mol. The van der Waals surface area contributed by atoms with E-state index >= 15 is 0 Å². The van der Waals surface area contributed by atoms with Crippen LogP contribution in [0.25, 0.3) is 11.0 Å². The molecule has 5 nitrogen and oxygen atoms in total. The van der Waals surface area contributed by atoms with Gasteiger partial charge in [0.2, 0.25) is 0 Å². The average Bonchev–Trinajstić information content (AvgIpc) is 2.58. The van der Waals surface area contributed by atoms with Crippen LogP contribution in [0.2, 0.25) is 0 Å². The van der Waals surface area contributed by atoms with Crippen LogP contribution in [0.3, 0.4) is 0 Å². The molecule has 0 fully saturated rings. The fourth-order valence-corrected chi connectivity index (χ4v) is 1.49. The molecule has 3 N–H and O–H groups in total. The number of H-pyrrole nitrogens is 1. The van der Waals surface area contributed by atoms with E-state index < -0.39 is 0 Å². The number of aldehydes is 1. The summed E-state index contributed by atoms with van der Waals surface area (Å²) in [5.41, 5.74) is 7.23. The van der Waals surface area contributed by atoms with Crippen molar-refractivity contribution in [2.24, 2.45) is 0 Å². The van der Waals surface area contributed by atoms with Crippen LogP contribution in [0.5, 0.6) is 5.75 Å². The summed E-state index contributed by atoms with van der Waals surface area (Å²) in [7, 11) is 0. The van der Waals surface area contributed by atoms with E-state index in [-0.39, 0.29) is 0 Å². The number of carbonyl (C=O) groups is 1. The maximum absolute atomic E-state index is 11.0. The van der Waals surface area contributed by atoms with E-state index in [4.69, 9.17) is 10.5 Å². The Morgan fingerprint density at radius 2 is 2.40 bits per heavy atom. The Kier molecular flexibility index (Phi) is 2.29. The van der Waals surface area contributed by atoms with Gasteiger partial charge in [-0.25, -0.2) is 4.98 Å². The number of ether oxygens (including phenoxy) is 1. The normalized spacial score (nSPS) is 10.5. The number of nitrogen functional groups attached to an aromatic ring is 1. The van der Waals surface area contributed by atoms with Gasteiger partial charge in [0.05, 0.1) is 17.7 Å². The van der Waals surface area contributed by atoms with Gasteiger partial charge in [0.1, 0.15) is 11.3 Å². The summed E-state index contributed by atoms with van der Waals surface area (Å²) in [6.07, 6.45) is 0.730. The SMILES string of the molecule is CCOc1ccc2[nH]c(N)nc2c1C=O. The number of anilines is 1. The van der Waals surface area contributed by atoms with Crippen molar-refractivity contribution in [3.63, 3.8) is 0 Å². The molecule has 78 valence electrons. The first-order valence-electron chi connectivity index (χ1n) is 4.62. The van der Waals surface area contributed by atoms with Crippen molar-refractivity contribution < 1.29 is 9.53 Å². The number of hydrogen-bond acceptors (Lipinski definition) is 4. The van der Waals surface area contributed by atoms with Crippen molar-refractivity contribution in [1.29, 1.82) is 0 Å². The van der Waals surface area contributed by atoms with E-state index in [9.17, 15) is 4.79 Å². The van der Waals surface area contributed by atoms with Gasteiger partial charge in [-0.2, -0.15) is 0 Å². The molecule has 5 heteroatoms. The lowest BCUT2D eigenvalue weighted by Gasteiger charge is -2.05. The minimum Gasteiger partial charge on any atom is -0.493 e. The van der Waals surface area contributed by atoms with Gasteiger partial charge < -0.3 is 15.5 Å². The quantitative estimate of drug-likeness (QED) is 0.741. The Morgan fingerprint density at radius 3 is 3.07 bits per heavy atom. The van der Waals surface area contributed by atoms with Gasteiger partial charge in [-0.15, -0.1) is 0 Å². The van der Waals surface area contributed by atoms with Gasteiger partial charge in [-0.1, -0.05) is 0 Å². The molecule has 2 aromatic rings. The van der Waals surface area contributed by atoms with Gasteiger partial charge in [0, 0.05) is 0 Å². The second-order valence-electron chi connectivity index (χ2n) is 3.05. The second kappa shape index (κ2) is 3.61. The highest BCUT2D eigenvalue weighted by molar-refractivity contribution is 5.98. The second-order valence-corrected chi connectivity index (χ2v) is 3.05. The maximum atomic E-state index is 11.0. The zero-order chi connectivity index (χ0) is 10.8. The summed E-state index contributed by atoms with van der Waals surface area (Å²) in [4.78, 5) is 17.8. The fraction of sp³-hybridized carbons (Fsp3) is 0.200. The summed E-state index contributed by atoms with van der Waals surface area (Å²) in [5, 5.41) is 0. The van der Waals surface area contributed by atoms with Crippen LogP contribution in [-0.2, 0) is 0 Å². The van der Waals surface area contributed by atoms with Crippen molar-refractivity contribution in [3.8, 4) is 5.75 Å². The summed E-state index contributed by atoms with van der Waals surface area (Å²) in [5.74, 6) is 0.827. The third-order valence-corrected chi connectivity index (χ3v) is 2.09. The van der Waals surface area contributed by atoms with Crippen molar-refractivity contribution >= 4 is 23.3 Å². The van der Waals surface area contributed by atoms with Crippen LogP contribution < -0.4 is 10.5 Å². The van der Waals surface area contributed by atoms with E-state index in [0.717, 1.165) is 11.8 Å². The highest BCUT2D eigenvalue weighted by Crippen LogP contribution is 2.25. The topological polar surface area (TPSA) is 81.0 Å². The van der Waals surface area contributed by atoms with Crippen molar-refractivity contribution in [2.45, 2.75) is 6.92 Å². The van der Waals surface area contributed by atoms with Crippen LogP contribution >= 0.6 is 0 Å². The maximum Gasteiger partial charge on any atom is 0.198 e. The number of hydrogen-bond donors (Lipinski definition) is 2. The molecule has 0 aliphatic carbocycles. The summed E-state index contributed by atoms with van der Waals surface area (Å²) in [6.45, 7) is 2.37. The lowest BCUT2D eigenvalue weighted by atomic mass is 10.2. The minimum atomic E-state index is 0.293. The third kappa shape index (κ3) is 1.52. The zero-order valence-electron chi connectivity index (χ0n) is 8.28. The van der Waals surface area contributed by atoms with E-state index in [1.807, 2.05) is 6.92 Å². The molecule has 0 saturated carbocycles. The molecule has 0 radical (unpaired) electrons. The number of fused-ring (bicyclic) bond motifs is 1. The Labute approximate surface area is 86.3 Å². The number of nitrogens with two attached hydrogens (primary N) is 1. The fourth-order valence-electron chi connectivity index (χ4n) is 1.49. The van der Waals surface area contributed by atoms with Crippen molar-refractivity contribution in [3.05, 3.63) is 17.7 Å². The highest BCUT2D eigenvalue weighted by atomic mass is 16.5. The van der Waals surface area contributed by atoms with Crippen LogP contribution in [0, 0.1) is 0 Å². The lowest BCUT2D eigenvalue weighted by Crippen LogP contribution is -1.96. The van der Waals surface area contributed by atoms with Crippen LogP contribution in [0.15, 0.2) is 12.1 Å². The summed E-state index contributed by atoms with van der Waals surface area (Å²) >= 11 is 0. The van der Waals surface area contributed by atoms with Gasteiger partial charge in [-0.05, 0) is 19.1 Å². The van der Waals surface area contributed by atoms with Gasteiger partial charge in [0.15, 0.2) is 12.2 Å². The van der Waals surface area contributed by atoms with Gasteiger partial charge in [0.25, 0.3) is 0 Å². The number of nitrogens with one attached hydrogen (secondary N) is 1. The van der Waals surface area contributed by atoms with E-state index in [1.165, 1.54) is 0 Å². The molecule has 0 atom stereocenters. The summed E-state index contributed by atoms with van der Waals surface area (Å²) < 4.78 is 5.32. The number of carbonyl (C=O) groups excluding carboxylic acids is 1.